The molecule has 0 aromatic heterocycles. The van der Waals surface area contributed by atoms with E-state index in [0.717, 1.165) is 5.56 Å². The lowest BCUT2D eigenvalue weighted by Crippen LogP contribution is -2.36. The number of rotatable bonds is 10. The molecule has 3 rings (SSSR count). The van der Waals surface area contributed by atoms with Crippen molar-refractivity contribution in [2.45, 2.75) is 12.3 Å². The average molecular weight is 475 g/mol. The van der Waals surface area contributed by atoms with Crippen molar-refractivity contribution in [3.8, 4) is 17.2 Å². The van der Waals surface area contributed by atoms with Crippen LogP contribution in [0.4, 0.5) is 4.39 Å². The maximum atomic E-state index is 13.3. The topological polar surface area (TPSA) is 86.3 Å². The molecule has 2 amide bonds. The Morgan fingerprint density at radius 1 is 1.00 bits per heavy atom. The van der Waals surface area contributed by atoms with Crippen LogP contribution in [0.5, 0.6) is 17.2 Å². The van der Waals surface area contributed by atoms with E-state index in [2.05, 4.69) is 5.32 Å². The van der Waals surface area contributed by atoms with Crippen molar-refractivity contribution >= 4 is 11.8 Å². The Morgan fingerprint density at radius 2 is 1.65 bits per heavy atom. The highest BCUT2D eigenvalue weighted by molar-refractivity contribution is 5.95. The van der Waals surface area contributed by atoms with Crippen molar-refractivity contribution < 1.29 is 32.9 Å². The van der Waals surface area contributed by atoms with Crippen molar-refractivity contribution in [3.63, 3.8) is 0 Å². The van der Waals surface area contributed by atoms with Crippen molar-refractivity contribution in [2.24, 2.45) is 5.92 Å². The number of ether oxygens (including phenoxy) is 4. The van der Waals surface area contributed by atoms with Crippen LogP contribution in [0.2, 0.25) is 0 Å². The fourth-order valence-corrected chi connectivity index (χ4v) is 4.22. The summed E-state index contributed by atoms with van der Waals surface area (Å²) in [5.74, 6) is -0.223. The molecule has 2 aromatic rings. The Kier molecular flexibility index (Phi) is 8.70. The fraction of sp³-hybridized carbons (Fsp3) is 0.440. The van der Waals surface area contributed by atoms with Gasteiger partial charge in [0.05, 0.1) is 27.2 Å². The van der Waals surface area contributed by atoms with Gasteiger partial charge in [-0.15, -0.1) is 0 Å². The first-order valence-electron chi connectivity index (χ1n) is 11.0. The number of hydrogen-bond acceptors (Lipinski definition) is 6. The number of carbonyl (C=O) groups excluding carboxylic acids is 2. The summed E-state index contributed by atoms with van der Waals surface area (Å²) in [6.45, 7) is 1.55. The number of amides is 2. The number of benzene rings is 2. The molecule has 1 heterocycles. The van der Waals surface area contributed by atoms with Crippen LogP contribution in [-0.4, -0.2) is 71.4 Å². The molecule has 1 fully saturated rings. The Hall–Kier alpha value is -3.33. The van der Waals surface area contributed by atoms with Crippen LogP contribution in [0.3, 0.4) is 0 Å². The smallest absolute Gasteiger partial charge is 0.253 e. The van der Waals surface area contributed by atoms with Crippen molar-refractivity contribution in [3.05, 3.63) is 53.3 Å². The van der Waals surface area contributed by atoms with Gasteiger partial charge in [0.2, 0.25) is 11.7 Å². The van der Waals surface area contributed by atoms with Crippen molar-refractivity contribution in [1.82, 2.24) is 10.2 Å². The van der Waals surface area contributed by atoms with E-state index in [-0.39, 0.29) is 24.3 Å². The zero-order valence-corrected chi connectivity index (χ0v) is 19.9. The molecule has 2 aromatic carbocycles. The summed E-state index contributed by atoms with van der Waals surface area (Å²) in [5.41, 5.74) is 1.16. The van der Waals surface area contributed by atoms with Crippen LogP contribution in [-0.2, 0) is 9.53 Å². The molecule has 1 saturated heterocycles. The Bertz CT molecular complexity index is 972. The highest BCUT2D eigenvalue weighted by Gasteiger charge is 2.41. The molecule has 1 aliphatic rings. The van der Waals surface area contributed by atoms with E-state index in [0.29, 0.717) is 48.9 Å². The third-order valence-corrected chi connectivity index (χ3v) is 5.97. The molecule has 1 aliphatic heterocycles. The van der Waals surface area contributed by atoms with Gasteiger partial charge >= 0.3 is 0 Å². The summed E-state index contributed by atoms with van der Waals surface area (Å²) in [6, 6.07) is 9.01. The summed E-state index contributed by atoms with van der Waals surface area (Å²) in [5, 5.41) is 2.95. The second-order valence-electron chi connectivity index (χ2n) is 8.03. The lowest BCUT2D eigenvalue weighted by atomic mass is 9.88. The van der Waals surface area contributed by atoms with E-state index in [9.17, 15) is 14.0 Å². The third kappa shape index (κ3) is 5.59. The minimum atomic E-state index is -0.491. The van der Waals surface area contributed by atoms with Gasteiger partial charge in [0, 0.05) is 44.8 Å². The Labute approximate surface area is 198 Å². The normalized spacial score (nSPS) is 17.4. The van der Waals surface area contributed by atoms with Crippen LogP contribution in [0.25, 0.3) is 0 Å². The average Bonchev–Trinajstić information content (AvgIpc) is 3.31. The number of methoxy groups -OCH3 is 4. The molecule has 184 valence electrons. The molecular weight excluding hydrogens is 443 g/mol. The Morgan fingerprint density at radius 3 is 2.21 bits per heavy atom. The molecule has 0 bridgehead atoms. The van der Waals surface area contributed by atoms with Gasteiger partial charge in [-0.05, 0) is 48.4 Å². The van der Waals surface area contributed by atoms with Gasteiger partial charge < -0.3 is 29.2 Å². The van der Waals surface area contributed by atoms with E-state index in [1.54, 1.807) is 12.0 Å². The van der Waals surface area contributed by atoms with Crippen molar-refractivity contribution in [1.29, 1.82) is 0 Å². The van der Waals surface area contributed by atoms with Gasteiger partial charge in [-0.1, -0.05) is 0 Å². The lowest BCUT2D eigenvalue weighted by Gasteiger charge is -2.21. The predicted molar refractivity (Wildman–Crippen MR) is 124 cm³/mol. The highest BCUT2D eigenvalue weighted by Crippen LogP contribution is 2.43. The summed E-state index contributed by atoms with van der Waals surface area (Å²) in [4.78, 5) is 27.9. The molecule has 0 saturated carbocycles. The van der Waals surface area contributed by atoms with Crippen LogP contribution >= 0.6 is 0 Å². The third-order valence-electron chi connectivity index (χ3n) is 5.97. The minimum absolute atomic E-state index is 0.149. The number of carbonyl (C=O) groups is 2. The molecule has 9 heteroatoms. The number of nitrogens with zero attached hydrogens (tertiary/aromatic N) is 1. The largest absolute Gasteiger partial charge is 0.493 e. The second-order valence-corrected chi connectivity index (χ2v) is 8.03. The van der Waals surface area contributed by atoms with E-state index in [1.165, 1.54) is 45.6 Å². The fourth-order valence-electron chi connectivity index (χ4n) is 4.22. The monoisotopic (exact) mass is 474 g/mol. The van der Waals surface area contributed by atoms with Gasteiger partial charge in [0.15, 0.2) is 11.5 Å². The summed E-state index contributed by atoms with van der Waals surface area (Å²) in [6.07, 6.45) is 0.683. The molecule has 0 unspecified atom stereocenters. The molecule has 34 heavy (non-hydrogen) atoms. The molecule has 2 atom stereocenters. The molecule has 0 radical (unpaired) electrons. The summed E-state index contributed by atoms with van der Waals surface area (Å²) in [7, 11) is 6.19. The first-order chi connectivity index (χ1) is 16.4. The van der Waals surface area contributed by atoms with Gasteiger partial charge in [-0.3, -0.25) is 9.59 Å². The SMILES string of the molecule is COCCCNC(=O)[C@H]1CN(C(=O)c2ccc(F)cc2)C[C@H]1c1cc(OC)c(OC)c(OC)c1. The maximum Gasteiger partial charge on any atom is 0.253 e. The molecule has 0 aliphatic carbocycles. The first kappa shape index (κ1) is 25.3. The van der Waals surface area contributed by atoms with Gasteiger partial charge in [-0.25, -0.2) is 4.39 Å². The van der Waals surface area contributed by atoms with Crippen molar-refractivity contribution in [2.75, 3.05) is 54.7 Å². The summed E-state index contributed by atoms with van der Waals surface area (Å²) < 4.78 is 34.8. The maximum absolute atomic E-state index is 13.3. The number of likely N-dealkylation sites (tertiary alicyclic amines) is 1. The zero-order valence-electron chi connectivity index (χ0n) is 19.9. The quantitative estimate of drug-likeness (QED) is 0.533. The van der Waals surface area contributed by atoms with Crippen LogP contribution in [0.15, 0.2) is 36.4 Å². The van der Waals surface area contributed by atoms with Crippen LogP contribution < -0.4 is 19.5 Å². The lowest BCUT2D eigenvalue weighted by molar-refractivity contribution is -0.125. The molecule has 0 spiro atoms. The number of hydrogen-bond donors (Lipinski definition) is 1. The van der Waals surface area contributed by atoms with E-state index in [4.69, 9.17) is 18.9 Å². The van der Waals surface area contributed by atoms with Gasteiger partial charge in [0.25, 0.3) is 5.91 Å². The number of nitrogens with one attached hydrogen (secondary N) is 1. The standard InChI is InChI=1S/C25H31FN2O6/c1-31-11-5-10-27-24(29)20-15-28(25(30)16-6-8-18(26)9-7-16)14-19(20)17-12-21(32-2)23(34-4)22(13-17)33-3/h6-9,12-13,19-20H,5,10-11,14-15H2,1-4H3,(H,27,29)/t19-,20-/m0/s1. The van der Waals surface area contributed by atoms with E-state index in [1.807, 2.05) is 12.1 Å². The molecule has 1 N–H and O–H groups in total. The highest BCUT2D eigenvalue weighted by atomic mass is 19.1. The zero-order chi connectivity index (χ0) is 24.7. The first-order valence-corrected chi connectivity index (χ1v) is 11.0. The minimum Gasteiger partial charge on any atom is -0.493 e. The van der Waals surface area contributed by atoms with Gasteiger partial charge in [0.1, 0.15) is 5.82 Å². The molecular formula is C25H31FN2O6. The summed E-state index contributed by atoms with van der Waals surface area (Å²) >= 11 is 0. The predicted octanol–water partition coefficient (Wildman–Crippen LogP) is 2.86. The van der Waals surface area contributed by atoms with E-state index < -0.39 is 11.7 Å². The second kappa shape index (κ2) is 11.7. The van der Waals surface area contributed by atoms with Crippen LogP contribution in [0.1, 0.15) is 28.3 Å². The Balaban J connectivity index is 1.92. The van der Waals surface area contributed by atoms with Gasteiger partial charge in [-0.2, -0.15) is 0 Å². The van der Waals surface area contributed by atoms with Crippen LogP contribution in [0, 0.1) is 11.7 Å². The molecule has 8 nitrogen and oxygen atoms in total. The number of halogens is 1. The van der Waals surface area contributed by atoms with E-state index >= 15 is 0 Å².